The summed E-state index contributed by atoms with van der Waals surface area (Å²) in [5.74, 6) is -0.403. The number of aromatic amines is 1. The molecule has 4 rings (SSSR count). The molecule has 2 aliphatic carbocycles. The molecule has 2 aliphatic rings. The fraction of sp³-hybridized carbons (Fsp3) is 0.462. The zero-order valence-electron chi connectivity index (χ0n) is 10.6. The Morgan fingerprint density at radius 1 is 1.42 bits per heavy atom. The van der Waals surface area contributed by atoms with E-state index in [1.54, 1.807) is 0 Å². The molecule has 0 amide bonds. The van der Waals surface area contributed by atoms with Crippen LogP contribution in [0.3, 0.4) is 0 Å². The van der Waals surface area contributed by atoms with Crippen LogP contribution in [0.5, 0.6) is 0 Å². The zero-order chi connectivity index (χ0) is 13.1. The van der Waals surface area contributed by atoms with Gasteiger partial charge in [-0.25, -0.2) is 4.79 Å². The van der Waals surface area contributed by atoms with E-state index in [0.717, 1.165) is 28.9 Å². The number of carboxylic acids is 1. The van der Waals surface area contributed by atoms with Crippen LogP contribution in [0.4, 0.5) is 0 Å². The van der Waals surface area contributed by atoms with Gasteiger partial charge in [-0.05, 0) is 25.7 Å². The van der Waals surface area contributed by atoms with E-state index in [1.165, 1.54) is 18.5 Å². The molecule has 0 spiro atoms. The molecule has 2 aromatic rings. The minimum Gasteiger partial charge on any atom is -0.477 e. The van der Waals surface area contributed by atoms with E-state index in [9.17, 15) is 9.90 Å². The summed E-state index contributed by atoms with van der Waals surface area (Å²) in [6.07, 6.45) is 3.90. The van der Waals surface area contributed by atoms with Crippen molar-refractivity contribution in [3.63, 3.8) is 0 Å². The van der Waals surface area contributed by atoms with Crippen molar-refractivity contribution in [2.24, 2.45) is 7.05 Å². The Balaban J connectivity index is 1.96. The number of nitrogens with zero attached hydrogens (tertiary/aromatic N) is 3. The molecule has 2 heterocycles. The van der Waals surface area contributed by atoms with Crippen LogP contribution in [0.2, 0.25) is 0 Å². The van der Waals surface area contributed by atoms with Gasteiger partial charge in [0.05, 0.1) is 11.4 Å². The lowest BCUT2D eigenvalue weighted by Crippen LogP contribution is -2.09. The highest BCUT2D eigenvalue weighted by Crippen LogP contribution is 2.46. The van der Waals surface area contributed by atoms with Crippen molar-refractivity contribution in [2.75, 3.05) is 0 Å². The molecule has 6 nitrogen and oxygen atoms in total. The van der Waals surface area contributed by atoms with Crippen molar-refractivity contribution in [3.05, 3.63) is 22.6 Å². The summed E-state index contributed by atoms with van der Waals surface area (Å²) in [6.45, 7) is 0. The van der Waals surface area contributed by atoms with Crippen LogP contribution >= 0.6 is 0 Å². The monoisotopic (exact) mass is 258 g/mol. The topological polar surface area (TPSA) is 83.8 Å². The van der Waals surface area contributed by atoms with Gasteiger partial charge >= 0.3 is 5.97 Å². The molecule has 6 heteroatoms. The molecule has 0 aliphatic heterocycles. The van der Waals surface area contributed by atoms with Gasteiger partial charge in [0.1, 0.15) is 5.69 Å². The molecule has 0 radical (unpaired) electrons. The maximum atomic E-state index is 11.2. The standard InChI is InChI=1S/C13H14N4O2/c1-17-8-5-4-7-11(14-15-12(7)13(18)19)9(8)10(16-17)6-2-3-6/h6H,2-5H2,1H3,(H,14,15)(H,18,19). The van der Waals surface area contributed by atoms with Crippen molar-refractivity contribution < 1.29 is 9.90 Å². The summed E-state index contributed by atoms with van der Waals surface area (Å²) >= 11 is 0. The summed E-state index contributed by atoms with van der Waals surface area (Å²) in [6, 6.07) is 0. The number of carboxylic acid groups (broad SMARTS) is 1. The Kier molecular flexibility index (Phi) is 1.97. The van der Waals surface area contributed by atoms with Gasteiger partial charge in [0.15, 0.2) is 0 Å². The molecular formula is C13H14N4O2. The van der Waals surface area contributed by atoms with Crippen molar-refractivity contribution in [1.29, 1.82) is 0 Å². The minimum absolute atomic E-state index is 0.228. The van der Waals surface area contributed by atoms with Gasteiger partial charge in [0.2, 0.25) is 0 Å². The number of fused-ring (bicyclic) bond motifs is 3. The van der Waals surface area contributed by atoms with Crippen LogP contribution in [0, 0.1) is 0 Å². The predicted octanol–water partition coefficient (Wildman–Crippen LogP) is 1.48. The molecule has 0 bridgehead atoms. The zero-order valence-corrected chi connectivity index (χ0v) is 10.6. The molecule has 0 saturated heterocycles. The molecule has 2 aromatic heterocycles. The van der Waals surface area contributed by atoms with Crippen LogP contribution in [0.15, 0.2) is 0 Å². The van der Waals surface area contributed by atoms with Gasteiger partial charge in [0, 0.05) is 29.8 Å². The van der Waals surface area contributed by atoms with E-state index in [4.69, 9.17) is 0 Å². The number of hydrogen-bond acceptors (Lipinski definition) is 3. The Labute approximate surface area is 109 Å². The number of aryl methyl sites for hydroxylation is 1. The first-order valence-electron chi connectivity index (χ1n) is 6.53. The third kappa shape index (κ3) is 1.39. The second kappa shape index (κ2) is 3.46. The van der Waals surface area contributed by atoms with E-state index in [2.05, 4.69) is 15.3 Å². The Hall–Kier alpha value is -2.11. The maximum absolute atomic E-state index is 11.2. The third-order valence-corrected chi connectivity index (χ3v) is 4.09. The second-order valence-corrected chi connectivity index (χ2v) is 5.34. The normalized spacial score (nSPS) is 17.1. The minimum atomic E-state index is -0.936. The first-order valence-corrected chi connectivity index (χ1v) is 6.53. The quantitative estimate of drug-likeness (QED) is 0.854. The molecule has 0 atom stereocenters. The van der Waals surface area contributed by atoms with Crippen LogP contribution in [-0.2, 0) is 19.9 Å². The van der Waals surface area contributed by atoms with Gasteiger partial charge in [0.25, 0.3) is 0 Å². The van der Waals surface area contributed by atoms with Gasteiger partial charge in [-0.2, -0.15) is 10.2 Å². The number of hydrogen-bond donors (Lipinski definition) is 2. The van der Waals surface area contributed by atoms with Crippen molar-refractivity contribution in [1.82, 2.24) is 20.0 Å². The lowest BCUT2D eigenvalue weighted by Gasteiger charge is -2.13. The molecule has 1 fully saturated rings. The number of aromatic carboxylic acids is 1. The molecule has 0 unspecified atom stereocenters. The summed E-state index contributed by atoms with van der Waals surface area (Å²) in [5, 5.41) is 20.7. The van der Waals surface area contributed by atoms with E-state index in [1.807, 2.05) is 11.7 Å². The average Bonchev–Trinajstić information content (AvgIpc) is 3.03. The number of rotatable bonds is 2. The molecule has 2 N–H and O–H groups in total. The van der Waals surface area contributed by atoms with Crippen LogP contribution in [0.25, 0.3) is 11.3 Å². The first-order chi connectivity index (χ1) is 9.16. The summed E-state index contributed by atoms with van der Waals surface area (Å²) in [5.41, 5.74) is 5.21. The van der Waals surface area contributed by atoms with Gasteiger partial charge in [-0.15, -0.1) is 0 Å². The highest BCUT2D eigenvalue weighted by molar-refractivity contribution is 5.90. The largest absolute Gasteiger partial charge is 0.477 e. The Bertz CT molecular complexity index is 694. The van der Waals surface area contributed by atoms with E-state index >= 15 is 0 Å². The molecule has 98 valence electrons. The first kappa shape index (κ1) is 10.8. The van der Waals surface area contributed by atoms with Crippen molar-refractivity contribution in [2.45, 2.75) is 31.6 Å². The molecule has 0 aromatic carbocycles. The van der Waals surface area contributed by atoms with Gasteiger partial charge < -0.3 is 5.11 Å². The summed E-state index contributed by atoms with van der Waals surface area (Å²) in [4.78, 5) is 11.2. The Morgan fingerprint density at radius 3 is 2.89 bits per heavy atom. The summed E-state index contributed by atoms with van der Waals surface area (Å²) < 4.78 is 1.93. The van der Waals surface area contributed by atoms with Crippen molar-refractivity contribution in [3.8, 4) is 11.3 Å². The van der Waals surface area contributed by atoms with Gasteiger partial charge in [-0.3, -0.25) is 9.78 Å². The number of nitrogens with one attached hydrogen (secondary N) is 1. The van der Waals surface area contributed by atoms with Crippen LogP contribution < -0.4 is 0 Å². The highest BCUT2D eigenvalue weighted by atomic mass is 16.4. The average molecular weight is 258 g/mol. The van der Waals surface area contributed by atoms with Crippen molar-refractivity contribution >= 4 is 5.97 Å². The fourth-order valence-electron chi connectivity index (χ4n) is 3.00. The van der Waals surface area contributed by atoms with Gasteiger partial charge in [-0.1, -0.05) is 0 Å². The lowest BCUT2D eigenvalue weighted by atomic mass is 9.91. The van der Waals surface area contributed by atoms with E-state index in [-0.39, 0.29) is 5.69 Å². The highest BCUT2D eigenvalue weighted by Gasteiger charge is 2.36. The van der Waals surface area contributed by atoms with E-state index < -0.39 is 5.97 Å². The number of aromatic nitrogens is 4. The summed E-state index contributed by atoms with van der Waals surface area (Å²) in [7, 11) is 1.96. The third-order valence-electron chi connectivity index (χ3n) is 4.09. The smallest absolute Gasteiger partial charge is 0.354 e. The maximum Gasteiger partial charge on any atom is 0.354 e. The predicted molar refractivity (Wildman–Crippen MR) is 67.1 cm³/mol. The van der Waals surface area contributed by atoms with Crippen LogP contribution in [0.1, 0.15) is 46.2 Å². The molecule has 1 saturated carbocycles. The van der Waals surface area contributed by atoms with Crippen LogP contribution in [-0.4, -0.2) is 31.1 Å². The molecular weight excluding hydrogens is 244 g/mol. The second-order valence-electron chi connectivity index (χ2n) is 5.34. The number of H-pyrrole nitrogens is 1. The van der Waals surface area contributed by atoms with E-state index in [0.29, 0.717) is 12.3 Å². The number of carbonyl (C=O) groups is 1. The SMILES string of the molecule is Cn1nc(C2CC2)c2c1CCc1c-2n[nH]c1C(=O)O. The molecule has 19 heavy (non-hydrogen) atoms. The fourth-order valence-corrected chi connectivity index (χ4v) is 3.00. The lowest BCUT2D eigenvalue weighted by molar-refractivity contribution is 0.0689. The Morgan fingerprint density at radius 2 is 2.21 bits per heavy atom.